The molecule has 13 heavy (non-hydrogen) atoms. The van der Waals surface area contributed by atoms with Crippen LogP contribution in [0.1, 0.15) is 20.3 Å². The Kier molecular flexibility index (Phi) is 11.3. The second kappa shape index (κ2) is 10.5. The van der Waals surface area contributed by atoms with Gasteiger partial charge in [0.1, 0.15) is 0 Å². The van der Waals surface area contributed by atoms with Crippen LogP contribution in [0.2, 0.25) is 0 Å². The predicted molar refractivity (Wildman–Crippen MR) is 48.3 cm³/mol. The largest absolute Gasteiger partial charge is 0.465 e. The summed E-state index contributed by atoms with van der Waals surface area (Å²) in [7, 11) is 0. The first-order valence-corrected chi connectivity index (χ1v) is 3.79. The monoisotopic (exact) mass is 189 g/mol. The summed E-state index contributed by atoms with van der Waals surface area (Å²) in [6.45, 7) is 6.94. The van der Waals surface area contributed by atoms with Crippen molar-refractivity contribution in [2.24, 2.45) is 0 Å². The lowest BCUT2D eigenvalue weighted by Crippen LogP contribution is -2.20. The standard InChI is InChI=1S/C4H9NO2.C4H6O2/c1-2-3-5-4(6)7;1-3-6-4(2)5/h5H,2-3H2,1H3,(H,6,7);3H,1H2,2H3. The number of carbonyl (C=O) groups excluding carboxylic acids is 1. The quantitative estimate of drug-likeness (QED) is 0.519. The summed E-state index contributed by atoms with van der Waals surface area (Å²) in [6, 6.07) is 0. The molecule has 0 radical (unpaired) electrons. The fourth-order valence-electron chi connectivity index (χ4n) is 0.349. The van der Waals surface area contributed by atoms with Crippen LogP contribution in [0, 0.1) is 0 Å². The zero-order chi connectivity index (χ0) is 10.7. The minimum atomic E-state index is -0.943. The molecule has 0 bridgehead atoms. The van der Waals surface area contributed by atoms with Crippen molar-refractivity contribution in [2.45, 2.75) is 20.3 Å². The summed E-state index contributed by atoms with van der Waals surface area (Å²) >= 11 is 0. The molecule has 0 saturated heterocycles. The molecule has 5 heteroatoms. The summed E-state index contributed by atoms with van der Waals surface area (Å²) in [5.41, 5.74) is 0. The van der Waals surface area contributed by atoms with Crippen LogP contribution in [0.4, 0.5) is 4.79 Å². The molecule has 0 aliphatic carbocycles. The second-order valence-electron chi connectivity index (χ2n) is 2.01. The zero-order valence-electron chi connectivity index (χ0n) is 7.87. The lowest BCUT2D eigenvalue weighted by atomic mass is 10.5. The molecule has 0 heterocycles. The van der Waals surface area contributed by atoms with Crippen molar-refractivity contribution in [3.05, 3.63) is 12.8 Å². The van der Waals surface area contributed by atoms with E-state index in [2.05, 4.69) is 16.6 Å². The van der Waals surface area contributed by atoms with E-state index in [4.69, 9.17) is 5.11 Å². The van der Waals surface area contributed by atoms with Crippen LogP contribution >= 0.6 is 0 Å². The van der Waals surface area contributed by atoms with Crippen molar-refractivity contribution in [2.75, 3.05) is 6.54 Å². The van der Waals surface area contributed by atoms with Crippen molar-refractivity contribution >= 4 is 12.1 Å². The Bertz CT molecular complexity index is 168. The third kappa shape index (κ3) is 25.1. The minimum absolute atomic E-state index is 0.329. The molecule has 0 atom stereocenters. The molecule has 0 spiro atoms. The summed E-state index contributed by atoms with van der Waals surface area (Å²) < 4.78 is 4.17. The first-order valence-electron chi connectivity index (χ1n) is 3.79. The number of carboxylic acid groups (broad SMARTS) is 1. The Labute approximate surface area is 77.4 Å². The van der Waals surface area contributed by atoms with E-state index in [9.17, 15) is 9.59 Å². The molecule has 0 aromatic carbocycles. The van der Waals surface area contributed by atoms with Crippen LogP contribution in [0.5, 0.6) is 0 Å². The predicted octanol–water partition coefficient (Wildman–Crippen LogP) is 1.36. The third-order valence-corrected chi connectivity index (χ3v) is 0.776. The smallest absolute Gasteiger partial charge is 0.404 e. The van der Waals surface area contributed by atoms with Gasteiger partial charge in [0, 0.05) is 13.5 Å². The Balaban J connectivity index is 0. The minimum Gasteiger partial charge on any atom is -0.465 e. The van der Waals surface area contributed by atoms with Crippen LogP contribution in [0.25, 0.3) is 0 Å². The van der Waals surface area contributed by atoms with E-state index >= 15 is 0 Å². The number of amides is 1. The Morgan fingerprint density at radius 1 is 1.62 bits per heavy atom. The molecule has 0 aromatic rings. The van der Waals surface area contributed by atoms with Crippen LogP contribution in [0.3, 0.4) is 0 Å². The van der Waals surface area contributed by atoms with Gasteiger partial charge in [-0.3, -0.25) is 4.79 Å². The molecule has 0 unspecified atom stereocenters. The van der Waals surface area contributed by atoms with Crippen LogP contribution in [0.15, 0.2) is 12.8 Å². The van der Waals surface area contributed by atoms with Crippen molar-refractivity contribution in [3.8, 4) is 0 Å². The van der Waals surface area contributed by atoms with Gasteiger partial charge < -0.3 is 15.2 Å². The Hall–Kier alpha value is -1.52. The number of esters is 1. The summed E-state index contributed by atoms with van der Waals surface area (Å²) in [4.78, 5) is 19.4. The van der Waals surface area contributed by atoms with Crippen molar-refractivity contribution in [3.63, 3.8) is 0 Å². The maximum Gasteiger partial charge on any atom is 0.404 e. The molecule has 1 amide bonds. The van der Waals surface area contributed by atoms with Gasteiger partial charge in [-0.2, -0.15) is 0 Å². The van der Waals surface area contributed by atoms with E-state index in [0.717, 1.165) is 12.7 Å². The molecule has 5 nitrogen and oxygen atoms in total. The highest BCUT2D eigenvalue weighted by atomic mass is 16.5. The van der Waals surface area contributed by atoms with Crippen LogP contribution in [-0.2, 0) is 9.53 Å². The molecule has 0 aliphatic rings. The number of rotatable bonds is 3. The summed E-state index contributed by atoms with van der Waals surface area (Å²) in [6.07, 6.45) is 1.01. The fourth-order valence-corrected chi connectivity index (χ4v) is 0.349. The Morgan fingerprint density at radius 2 is 2.15 bits per heavy atom. The average molecular weight is 189 g/mol. The van der Waals surface area contributed by atoms with Gasteiger partial charge in [-0.1, -0.05) is 13.5 Å². The molecule has 76 valence electrons. The highest BCUT2D eigenvalue weighted by Crippen LogP contribution is 1.70. The van der Waals surface area contributed by atoms with E-state index < -0.39 is 6.09 Å². The zero-order valence-corrected chi connectivity index (χ0v) is 7.87. The van der Waals surface area contributed by atoms with E-state index in [1.54, 1.807) is 0 Å². The summed E-state index contributed by atoms with van der Waals surface area (Å²) in [5, 5.41) is 10.1. The van der Waals surface area contributed by atoms with Gasteiger partial charge >= 0.3 is 12.1 Å². The first-order chi connectivity index (χ1) is 6.04. The molecule has 0 aliphatic heterocycles. The van der Waals surface area contributed by atoms with E-state index in [1.165, 1.54) is 6.92 Å². The number of ether oxygens (including phenoxy) is 1. The third-order valence-electron chi connectivity index (χ3n) is 0.776. The molecule has 0 aromatic heterocycles. The first kappa shape index (κ1) is 14.0. The van der Waals surface area contributed by atoms with E-state index in [-0.39, 0.29) is 5.97 Å². The lowest BCUT2D eigenvalue weighted by Gasteiger charge is -1.91. The van der Waals surface area contributed by atoms with Gasteiger partial charge in [0.15, 0.2) is 0 Å². The number of carbonyl (C=O) groups is 2. The summed E-state index contributed by atoms with van der Waals surface area (Å²) in [5.74, 6) is -0.329. The number of nitrogens with one attached hydrogen (secondary N) is 1. The van der Waals surface area contributed by atoms with Crippen molar-refractivity contribution in [1.82, 2.24) is 5.32 Å². The molecular formula is C8H15NO4. The Morgan fingerprint density at radius 3 is 2.23 bits per heavy atom. The number of hydrogen-bond donors (Lipinski definition) is 2. The van der Waals surface area contributed by atoms with Crippen molar-refractivity contribution in [1.29, 1.82) is 0 Å². The maximum absolute atomic E-state index is 9.75. The average Bonchev–Trinajstić information content (AvgIpc) is 2.01. The van der Waals surface area contributed by atoms with Gasteiger partial charge in [-0.25, -0.2) is 4.79 Å². The van der Waals surface area contributed by atoms with Gasteiger partial charge in [0.05, 0.1) is 6.26 Å². The maximum atomic E-state index is 9.75. The van der Waals surface area contributed by atoms with Crippen molar-refractivity contribution < 1.29 is 19.4 Å². The van der Waals surface area contributed by atoms with E-state index in [1.807, 2.05) is 6.92 Å². The van der Waals surface area contributed by atoms with Crippen LogP contribution < -0.4 is 5.32 Å². The molecule has 0 saturated carbocycles. The molecule has 2 N–H and O–H groups in total. The van der Waals surface area contributed by atoms with Gasteiger partial charge in [0.25, 0.3) is 0 Å². The highest BCUT2D eigenvalue weighted by Gasteiger charge is 1.86. The van der Waals surface area contributed by atoms with Gasteiger partial charge in [-0.15, -0.1) is 0 Å². The second-order valence-corrected chi connectivity index (χ2v) is 2.01. The van der Waals surface area contributed by atoms with Crippen LogP contribution in [-0.4, -0.2) is 23.7 Å². The highest BCUT2D eigenvalue weighted by molar-refractivity contribution is 5.66. The van der Waals surface area contributed by atoms with Gasteiger partial charge in [0.2, 0.25) is 0 Å². The fraction of sp³-hybridized carbons (Fsp3) is 0.500. The van der Waals surface area contributed by atoms with E-state index in [0.29, 0.717) is 6.54 Å². The normalized spacial score (nSPS) is 7.54. The number of hydrogen-bond acceptors (Lipinski definition) is 3. The molecule has 0 fully saturated rings. The molecular weight excluding hydrogens is 174 g/mol. The van der Waals surface area contributed by atoms with Gasteiger partial charge in [-0.05, 0) is 6.42 Å². The molecule has 0 rings (SSSR count). The lowest BCUT2D eigenvalue weighted by molar-refractivity contribution is -0.135. The topological polar surface area (TPSA) is 75.6 Å². The SMILES string of the molecule is C=COC(C)=O.CCCNC(=O)O.